The van der Waals surface area contributed by atoms with Crippen LogP contribution in [0.4, 0.5) is 5.69 Å². The summed E-state index contributed by atoms with van der Waals surface area (Å²) < 4.78 is 3.82. The number of benzene rings is 2. The molecule has 0 unspecified atom stereocenters. The molecule has 180 valence electrons. The van der Waals surface area contributed by atoms with Crippen molar-refractivity contribution in [3.63, 3.8) is 0 Å². The Hall–Kier alpha value is -4.24. The number of amides is 1. The van der Waals surface area contributed by atoms with Crippen molar-refractivity contribution >= 4 is 23.4 Å². The molecule has 9 heteroatoms. The molecule has 5 aromatic rings. The maximum absolute atomic E-state index is 13.0. The normalized spacial score (nSPS) is 11.0. The lowest BCUT2D eigenvalue weighted by Crippen LogP contribution is -2.16. The maximum Gasteiger partial charge on any atom is 0.234 e. The first-order valence-electron chi connectivity index (χ1n) is 11.5. The first-order valence-corrected chi connectivity index (χ1v) is 12.5. The van der Waals surface area contributed by atoms with Crippen molar-refractivity contribution < 1.29 is 4.79 Å². The molecular formula is C27H25N7OS. The molecule has 0 saturated heterocycles. The van der Waals surface area contributed by atoms with E-state index in [4.69, 9.17) is 0 Å². The lowest BCUT2D eigenvalue weighted by atomic mass is 10.2. The molecule has 3 heterocycles. The molecule has 0 fully saturated rings. The number of para-hydroxylation sites is 2. The van der Waals surface area contributed by atoms with Gasteiger partial charge in [0.15, 0.2) is 11.0 Å². The second-order valence-electron chi connectivity index (χ2n) is 8.30. The van der Waals surface area contributed by atoms with Crippen LogP contribution in [0.2, 0.25) is 0 Å². The van der Waals surface area contributed by atoms with Gasteiger partial charge < -0.3 is 5.32 Å². The van der Waals surface area contributed by atoms with Crippen molar-refractivity contribution in [1.82, 2.24) is 29.5 Å². The molecule has 36 heavy (non-hydrogen) atoms. The number of hydrogen-bond donors (Lipinski definition) is 1. The highest BCUT2D eigenvalue weighted by Gasteiger charge is 2.20. The van der Waals surface area contributed by atoms with Gasteiger partial charge in [-0.25, -0.2) is 4.68 Å². The summed E-state index contributed by atoms with van der Waals surface area (Å²) in [5.74, 6) is 0.712. The SMILES string of the molecule is Cc1ccccc1-n1c(SCC(=O)Nc2c(C)nn(-c3ccccc3)c2C)nnc1-c1cccnc1. The summed E-state index contributed by atoms with van der Waals surface area (Å²) in [6, 6.07) is 21.7. The van der Waals surface area contributed by atoms with E-state index in [9.17, 15) is 4.79 Å². The molecular weight excluding hydrogens is 470 g/mol. The minimum atomic E-state index is -0.138. The van der Waals surface area contributed by atoms with Crippen LogP contribution in [0.1, 0.15) is 17.0 Å². The summed E-state index contributed by atoms with van der Waals surface area (Å²) in [6.07, 6.45) is 3.48. The fourth-order valence-electron chi connectivity index (χ4n) is 4.03. The highest BCUT2D eigenvalue weighted by molar-refractivity contribution is 7.99. The standard InChI is InChI=1S/C27H25N7OS/c1-18-10-7-8-14-23(18)33-26(21-11-9-15-28-16-21)30-31-27(33)36-17-24(35)29-25-19(2)32-34(20(25)3)22-12-5-4-6-13-22/h4-16H,17H2,1-3H3,(H,29,35). The van der Waals surface area contributed by atoms with Crippen LogP contribution < -0.4 is 5.32 Å². The van der Waals surface area contributed by atoms with Crippen molar-refractivity contribution in [3.8, 4) is 22.8 Å². The Morgan fingerprint density at radius 2 is 1.72 bits per heavy atom. The predicted molar refractivity (Wildman–Crippen MR) is 142 cm³/mol. The molecule has 0 atom stereocenters. The van der Waals surface area contributed by atoms with Gasteiger partial charge >= 0.3 is 0 Å². The number of thioether (sulfide) groups is 1. The highest BCUT2D eigenvalue weighted by atomic mass is 32.2. The number of rotatable bonds is 7. The number of anilines is 1. The topological polar surface area (TPSA) is 90.5 Å². The largest absolute Gasteiger partial charge is 0.322 e. The molecule has 1 N–H and O–H groups in total. The molecule has 3 aromatic heterocycles. The van der Waals surface area contributed by atoms with E-state index in [1.165, 1.54) is 11.8 Å². The molecule has 1 amide bonds. The number of carbonyl (C=O) groups is 1. The zero-order valence-electron chi connectivity index (χ0n) is 20.2. The van der Waals surface area contributed by atoms with Crippen molar-refractivity contribution in [3.05, 3.63) is 96.1 Å². The number of hydrogen-bond acceptors (Lipinski definition) is 6. The zero-order valence-corrected chi connectivity index (χ0v) is 21.0. The molecule has 5 rings (SSSR count). The van der Waals surface area contributed by atoms with E-state index >= 15 is 0 Å². The molecule has 0 aliphatic carbocycles. The maximum atomic E-state index is 13.0. The third-order valence-electron chi connectivity index (χ3n) is 5.80. The molecule has 0 spiro atoms. The van der Waals surface area contributed by atoms with Crippen LogP contribution in [-0.2, 0) is 4.79 Å². The number of aromatic nitrogens is 6. The van der Waals surface area contributed by atoms with Gasteiger partial charge in [-0.15, -0.1) is 10.2 Å². The summed E-state index contributed by atoms with van der Waals surface area (Å²) in [5, 5.41) is 17.1. The van der Waals surface area contributed by atoms with Crippen LogP contribution in [-0.4, -0.2) is 41.2 Å². The highest BCUT2D eigenvalue weighted by Crippen LogP contribution is 2.29. The summed E-state index contributed by atoms with van der Waals surface area (Å²) in [7, 11) is 0. The smallest absolute Gasteiger partial charge is 0.234 e. The van der Waals surface area contributed by atoms with Crippen molar-refractivity contribution in [1.29, 1.82) is 0 Å². The Labute approximate surface area is 213 Å². The van der Waals surface area contributed by atoms with Gasteiger partial charge in [-0.05, 0) is 56.7 Å². The molecule has 0 aliphatic rings. The minimum absolute atomic E-state index is 0.138. The molecule has 0 aliphatic heterocycles. The monoisotopic (exact) mass is 495 g/mol. The second kappa shape index (κ2) is 10.2. The van der Waals surface area contributed by atoms with Gasteiger partial charge in [-0.2, -0.15) is 5.10 Å². The zero-order chi connectivity index (χ0) is 25.1. The molecule has 0 saturated carbocycles. The molecule has 0 radical (unpaired) electrons. The number of pyridine rings is 1. The fraction of sp³-hybridized carbons (Fsp3) is 0.148. The Kier molecular flexibility index (Phi) is 6.64. The Morgan fingerprint density at radius 3 is 2.47 bits per heavy atom. The number of nitrogens with zero attached hydrogens (tertiary/aromatic N) is 6. The average molecular weight is 496 g/mol. The number of nitrogens with one attached hydrogen (secondary N) is 1. The first kappa shape index (κ1) is 23.5. The van der Waals surface area contributed by atoms with Crippen LogP contribution in [0.5, 0.6) is 0 Å². The van der Waals surface area contributed by atoms with Gasteiger partial charge in [0, 0.05) is 18.0 Å². The third-order valence-corrected chi connectivity index (χ3v) is 6.73. The third kappa shape index (κ3) is 4.65. The van der Waals surface area contributed by atoms with Gasteiger partial charge in [0.1, 0.15) is 0 Å². The Balaban J connectivity index is 1.39. The van der Waals surface area contributed by atoms with Crippen molar-refractivity contribution in [2.75, 3.05) is 11.1 Å². The molecule has 2 aromatic carbocycles. The number of aryl methyl sites for hydroxylation is 2. The first-order chi connectivity index (χ1) is 17.5. The predicted octanol–water partition coefficient (Wildman–Crippen LogP) is 5.17. The lowest BCUT2D eigenvalue weighted by molar-refractivity contribution is -0.113. The number of carbonyl (C=O) groups excluding carboxylic acids is 1. The fourth-order valence-corrected chi connectivity index (χ4v) is 4.77. The van der Waals surface area contributed by atoms with Crippen molar-refractivity contribution in [2.45, 2.75) is 25.9 Å². The molecule has 8 nitrogen and oxygen atoms in total. The van der Waals surface area contributed by atoms with Crippen LogP contribution in [0.25, 0.3) is 22.8 Å². The van der Waals surface area contributed by atoms with Gasteiger partial charge in [-0.1, -0.05) is 48.2 Å². The van der Waals surface area contributed by atoms with Gasteiger partial charge in [-0.3, -0.25) is 14.3 Å². The van der Waals surface area contributed by atoms with Crippen LogP contribution in [0.3, 0.4) is 0 Å². The van der Waals surface area contributed by atoms with Gasteiger partial charge in [0.25, 0.3) is 0 Å². The van der Waals surface area contributed by atoms with Gasteiger partial charge in [0.2, 0.25) is 5.91 Å². The Bertz CT molecular complexity index is 1510. The average Bonchev–Trinajstić information content (AvgIpc) is 3.45. The Morgan fingerprint density at radius 1 is 0.944 bits per heavy atom. The summed E-state index contributed by atoms with van der Waals surface area (Å²) >= 11 is 1.34. The van der Waals surface area contributed by atoms with E-state index in [-0.39, 0.29) is 11.7 Å². The summed E-state index contributed by atoms with van der Waals surface area (Å²) in [6.45, 7) is 5.88. The lowest BCUT2D eigenvalue weighted by Gasteiger charge is -2.13. The minimum Gasteiger partial charge on any atom is -0.322 e. The second-order valence-corrected chi connectivity index (χ2v) is 9.24. The van der Waals surface area contributed by atoms with Crippen molar-refractivity contribution in [2.24, 2.45) is 0 Å². The van der Waals surface area contributed by atoms with E-state index < -0.39 is 0 Å². The van der Waals surface area contributed by atoms with E-state index in [0.29, 0.717) is 11.0 Å². The van der Waals surface area contributed by atoms with Gasteiger partial charge in [0.05, 0.1) is 34.2 Å². The van der Waals surface area contributed by atoms with Crippen LogP contribution in [0.15, 0.2) is 84.3 Å². The summed E-state index contributed by atoms with van der Waals surface area (Å²) in [4.78, 5) is 17.2. The van der Waals surface area contributed by atoms with Crippen LogP contribution >= 0.6 is 11.8 Å². The summed E-state index contributed by atoms with van der Waals surface area (Å²) in [5.41, 5.74) is 6.19. The van der Waals surface area contributed by atoms with Crippen LogP contribution in [0, 0.1) is 20.8 Å². The van der Waals surface area contributed by atoms with E-state index in [0.717, 1.165) is 39.6 Å². The van der Waals surface area contributed by atoms with E-state index in [1.807, 2.05) is 96.8 Å². The molecule has 0 bridgehead atoms. The quantitative estimate of drug-likeness (QED) is 0.313. The van der Waals surface area contributed by atoms with E-state index in [2.05, 4.69) is 25.6 Å². The van der Waals surface area contributed by atoms with E-state index in [1.54, 1.807) is 12.4 Å².